The molecule has 1 fully saturated rings. The number of anilines is 2. The van der Waals surface area contributed by atoms with Crippen LogP contribution in [0.2, 0.25) is 10.0 Å². The number of β-amino-alcohol motifs (C(OH)–C–C–N with tert-alkyl or cyclic N) is 1. The molecule has 10 heteroatoms. The van der Waals surface area contributed by atoms with E-state index >= 15 is 0 Å². The van der Waals surface area contributed by atoms with Crippen molar-refractivity contribution in [2.24, 2.45) is 0 Å². The zero-order chi connectivity index (χ0) is 27.5. The summed E-state index contributed by atoms with van der Waals surface area (Å²) < 4.78 is 2.04. The van der Waals surface area contributed by atoms with E-state index in [1.165, 1.54) is 6.33 Å². The van der Waals surface area contributed by atoms with Crippen LogP contribution < -0.4 is 10.2 Å². The Morgan fingerprint density at radius 2 is 1.57 bits per heavy atom. The Morgan fingerprint density at radius 3 is 2.33 bits per heavy atom. The molecule has 0 spiro atoms. The third-order valence-corrected chi connectivity index (χ3v) is 7.92. The molecular weight excluding hydrogens is 545 g/mol. The normalized spacial score (nSPS) is 14.9. The van der Waals surface area contributed by atoms with Gasteiger partial charge in [-0.3, -0.25) is 9.47 Å². The van der Waals surface area contributed by atoms with Crippen molar-refractivity contribution in [2.75, 3.05) is 49.5 Å². The van der Waals surface area contributed by atoms with Gasteiger partial charge in [0, 0.05) is 50.5 Å². The molecule has 3 aromatic carbocycles. The number of aromatic nitrogens is 4. The lowest BCUT2D eigenvalue weighted by Gasteiger charge is -2.37. The third kappa shape index (κ3) is 5.48. The van der Waals surface area contributed by atoms with Crippen molar-refractivity contribution < 1.29 is 5.11 Å². The van der Waals surface area contributed by atoms with Crippen molar-refractivity contribution in [3.05, 3.63) is 95.2 Å². The van der Waals surface area contributed by atoms with Gasteiger partial charge in [0.05, 0.1) is 21.8 Å². The van der Waals surface area contributed by atoms with E-state index < -0.39 is 6.10 Å². The highest BCUT2D eigenvalue weighted by Gasteiger charge is 2.23. The summed E-state index contributed by atoms with van der Waals surface area (Å²) in [6.45, 7) is 4.15. The van der Waals surface area contributed by atoms with Gasteiger partial charge >= 0.3 is 0 Å². The van der Waals surface area contributed by atoms with E-state index in [0.717, 1.165) is 48.9 Å². The Labute approximate surface area is 242 Å². The summed E-state index contributed by atoms with van der Waals surface area (Å²) in [5, 5.41) is 15.4. The van der Waals surface area contributed by atoms with E-state index in [4.69, 9.17) is 28.2 Å². The van der Waals surface area contributed by atoms with E-state index in [1.54, 1.807) is 6.07 Å². The van der Waals surface area contributed by atoms with Crippen LogP contribution in [0.4, 0.5) is 11.5 Å². The summed E-state index contributed by atoms with van der Waals surface area (Å²) in [4.78, 5) is 18.5. The molecule has 40 heavy (non-hydrogen) atoms. The molecule has 0 radical (unpaired) electrons. The number of hydrogen-bond acceptors (Lipinski definition) is 7. The molecule has 0 aliphatic carbocycles. The minimum absolute atomic E-state index is 0.339. The maximum absolute atomic E-state index is 10.9. The molecule has 5 aromatic rings. The van der Waals surface area contributed by atoms with Crippen LogP contribution in [0.25, 0.3) is 28.2 Å². The summed E-state index contributed by atoms with van der Waals surface area (Å²) >= 11 is 12.6. The first-order valence-electron chi connectivity index (χ1n) is 13.3. The number of benzene rings is 3. The lowest BCUT2D eigenvalue weighted by molar-refractivity contribution is 0.118. The molecule has 0 bridgehead atoms. The van der Waals surface area contributed by atoms with Gasteiger partial charge in [0.25, 0.3) is 0 Å². The fourth-order valence-electron chi connectivity index (χ4n) is 5.11. The minimum Gasteiger partial charge on any atom is -0.390 e. The van der Waals surface area contributed by atoms with Crippen molar-refractivity contribution in [2.45, 2.75) is 6.10 Å². The molecule has 2 aromatic heterocycles. The number of nitrogens with one attached hydrogen (secondary N) is 1. The lowest BCUT2D eigenvalue weighted by atomic mass is 10.2. The van der Waals surface area contributed by atoms with Crippen molar-refractivity contribution in [1.29, 1.82) is 0 Å². The Kier molecular flexibility index (Phi) is 7.84. The van der Waals surface area contributed by atoms with Crippen molar-refractivity contribution in [1.82, 2.24) is 24.4 Å². The summed E-state index contributed by atoms with van der Waals surface area (Å²) in [7, 11) is 0. The van der Waals surface area contributed by atoms with E-state index in [1.807, 2.05) is 77.4 Å². The molecule has 204 valence electrons. The zero-order valence-electron chi connectivity index (χ0n) is 21.8. The van der Waals surface area contributed by atoms with E-state index in [0.29, 0.717) is 40.1 Å². The molecule has 3 heterocycles. The topological polar surface area (TPSA) is 82.3 Å². The lowest BCUT2D eigenvalue weighted by Crippen LogP contribution is -2.49. The van der Waals surface area contributed by atoms with Gasteiger partial charge in [0.15, 0.2) is 17.0 Å². The summed E-state index contributed by atoms with van der Waals surface area (Å²) in [5.74, 6) is 1.37. The number of rotatable bonds is 8. The molecule has 2 N–H and O–H groups in total. The smallest absolute Gasteiger partial charge is 0.170 e. The molecule has 1 atom stereocenters. The highest BCUT2D eigenvalue weighted by atomic mass is 35.5. The predicted molar refractivity (Wildman–Crippen MR) is 162 cm³/mol. The number of nitrogens with zero attached hydrogens (tertiary/aromatic N) is 6. The number of imidazole rings is 1. The molecule has 1 aliphatic rings. The summed E-state index contributed by atoms with van der Waals surface area (Å²) in [6, 6.07) is 25.8. The number of hydrogen-bond donors (Lipinski definition) is 2. The fourth-order valence-corrected chi connectivity index (χ4v) is 5.52. The van der Waals surface area contributed by atoms with Crippen LogP contribution in [0.15, 0.2) is 85.2 Å². The van der Waals surface area contributed by atoms with Gasteiger partial charge in [-0.25, -0.2) is 15.0 Å². The maximum Gasteiger partial charge on any atom is 0.170 e. The molecular formula is C30H29Cl2N7O. The van der Waals surface area contributed by atoms with Crippen LogP contribution in [0.5, 0.6) is 0 Å². The van der Waals surface area contributed by atoms with E-state index in [-0.39, 0.29) is 0 Å². The van der Waals surface area contributed by atoms with Crippen LogP contribution in [0.1, 0.15) is 0 Å². The van der Waals surface area contributed by atoms with Crippen LogP contribution in [0, 0.1) is 0 Å². The second kappa shape index (κ2) is 11.8. The van der Waals surface area contributed by atoms with Gasteiger partial charge in [-0.15, -0.1) is 0 Å². The third-order valence-electron chi connectivity index (χ3n) is 7.11. The highest BCUT2D eigenvalue weighted by Crippen LogP contribution is 2.33. The second-order valence-electron chi connectivity index (χ2n) is 9.76. The molecule has 0 saturated carbocycles. The van der Waals surface area contributed by atoms with Crippen LogP contribution in [0.3, 0.4) is 0 Å². The van der Waals surface area contributed by atoms with Gasteiger partial charge in [-0.05, 0) is 24.3 Å². The SMILES string of the molecule is O[C@H](CNc1ncnc2c1nc(-c1ccccc1)n2-c1ccccc1)CN1CCN(c2cccc(Cl)c2Cl)CC1. The number of piperazine rings is 1. The first-order valence-corrected chi connectivity index (χ1v) is 14.0. The summed E-state index contributed by atoms with van der Waals surface area (Å²) in [6.07, 6.45) is 0.948. The monoisotopic (exact) mass is 573 g/mol. The number of aliphatic hydroxyl groups excluding tert-OH is 1. The van der Waals surface area contributed by atoms with Gasteiger partial charge in [0.2, 0.25) is 0 Å². The Morgan fingerprint density at radius 1 is 0.850 bits per heavy atom. The van der Waals surface area contributed by atoms with Crippen LogP contribution in [-0.2, 0) is 0 Å². The second-order valence-corrected chi connectivity index (χ2v) is 10.5. The summed E-state index contributed by atoms with van der Waals surface area (Å²) in [5.41, 5.74) is 4.26. The molecule has 1 saturated heterocycles. The van der Waals surface area contributed by atoms with Crippen molar-refractivity contribution in [3.8, 4) is 17.1 Å². The van der Waals surface area contributed by atoms with Crippen molar-refractivity contribution >= 4 is 45.9 Å². The number of fused-ring (bicyclic) bond motifs is 1. The number of para-hydroxylation sites is 1. The van der Waals surface area contributed by atoms with Gasteiger partial charge in [-0.2, -0.15) is 0 Å². The Hall–Kier alpha value is -3.69. The molecule has 6 rings (SSSR count). The Balaban J connectivity index is 1.15. The maximum atomic E-state index is 10.9. The highest BCUT2D eigenvalue weighted by molar-refractivity contribution is 6.43. The number of halogens is 2. The van der Waals surface area contributed by atoms with Gasteiger partial charge < -0.3 is 15.3 Å². The van der Waals surface area contributed by atoms with Crippen molar-refractivity contribution in [3.63, 3.8) is 0 Å². The van der Waals surface area contributed by atoms with Crippen LogP contribution >= 0.6 is 23.2 Å². The first-order chi connectivity index (χ1) is 19.6. The molecule has 8 nitrogen and oxygen atoms in total. The van der Waals surface area contributed by atoms with Crippen LogP contribution in [-0.4, -0.2) is 74.9 Å². The largest absolute Gasteiger partial charge is 0.390 e. The van der Waals surface area contributed by atoms with E-state index in [2.05, 4.69) is 25.1 Å². The Bertz CT molecular complexity index is 1590. The average molecular weight is 575 g/mol. The molecule has 1 aliphatic heterocycles. The average Bonchev–Trinajstić information content (AvgIpc) is 3.39. The van der Waals surface area contributed by atoms with Gasteiger partial charge in [-0.1, -0.05) is 77.8 Å². The standard InChI is InChI=1S/C30H29Cl2N7O/c31-24-12-7-13-25(26(24)32)38-16-14-37(15-17-38)19-23(40)18-33-28-27-30(35-20-34-28)39(22-10-5-2-6-11-22)29(36-27)21-8-3-1-4-9-21/h1-13,20,23,40H,14-19H2,(H,33,34,35)/t23-/m1/s1. The first kappa shape index (κ1) is 26.5. The quantitative estimate of drug-likeness (QED) is 0.258. The zero-order valence-corrected chi connectivity index (χ0v) is 23.3. The fraction of sp³-hybridized carbons (Fsp3) is 0.233. The minimum atomic E-state index is -0.587. The van der Waals surface area contributed by atoms with E-state index in [9.17, 15) is 5.11 Å². The predicted octanol–water partition coefficient (Wildman–Crippen LogP) is 5.38. The molecule has 0 amide bonds. The van der Waals surface area contributed by atoms with Gasteiger partial charge in [0.1, 0.15) is 12.2 Å². The molecule has 0 unspecified atom stereocenters. The number of aliphatic hydroxyl groups is 1.